The van der Waals surface area contributed by atoms with Crippen LogP contribution in [-0.2, 0) is 14.4 Å². The second-order valence-corrected chi connectivity index (χ2v) is 6.13. The highest BCUT2D eigenvalue weighted by atomic mass is 16.7. The minimum Gasteiger partial charge on any atom is -0.497 e. The van der Waals surface area contributed by atoms with Crippen molar-refractivity contribution in [2.24, 2.45) is 0 Å². The zero-order chi connectivity index (χ0) is 19.8. The Morgan fingerprint density at radius 2 is 1.61 bits per heavy atom. The minimum absolute atomic E-state index is 0.240. The van der Waals surface area contributed by atoms with Gasteiger partial charge in [0.15, 0.2) is 6.10 Å². The maximum atomic E-state index is 13.1. The molecule has 2 aromatic carbocycles. The van der Waals surface area contributed by atoms with E-state index in [4.69, 9.17) is 19.0 Å². The van der Waals surface area contributed by atoms with Gasteiger partial charge in [-0.2, -0.15) is 0 Å². The summed E-state index contributed by atoms with van der Waals surface area (Å²) in [4.78, 5) is 32.4. The average molecular weight is 382 g/mol. The number of hydrogen-bond donors (Lipinski definition) is 1. The molecular weight excluding hydrogens is 364 g/mol. The first kappa shape index (κ1) is 17.9. The first-order valence-corrected chi connectivity index (χ1v) is 8.49. The number of carbonyl (C=O) groups is 2. The maximum absolute atomic E-state index is 13.1. The summed E-state index contributed by atoms with van der Waals surface area (Å²) in [6, 6.07) is 11.8. The first-order valence-electron chi connectivity index (χ1n) is 8.49. The number of imide groups is 1. The van der Waals surface area contributed by atoms with Gasteiger partial charge in [0.25, 0.3) is 11.8 Å². The van der Waals surface area contributed by atoms with Crippen LogP contribution in [0.2, 0.25) is 0 Å². The van der Waals surface area contributed by atoms with Gasteiger partial charge in [-0.3, -0.25) is 19.9 Å². The van der Waals surface area contributed by atoms with Crippen LogP contribution in [-0.4, -0.2) is 39.2 Å². The van der Waals surface area contributed by atoms with Crippen molar-refractivity contribution in [2.45, 2.75) is 6.10 Å². The van der Waals surface area contributed by atoms with Crippen molar-refractivity contribution in [3.63, 3.8) is 0 Å². The molecule has 1 fully saturated rings. The van der Waals surface area contributed by atoms with Crippen LogP contribution in [0.25, 0.3) is 5.70 Å². The molecule has 0 radical (unpaired) electrons. The Morgan fingerprint density at radius 1 is 0.929 bits per heavy atom. The lowest BCUT2D eigenvalue weighted by Crippen LogP contribution is -2.34. The van der Waals surface area contributed by atoms with E-state index in [2.05, 4.69) is 5.48 Å². The summed E-state index contributed by atoms with van der Waals surface area (Å²) >= 11 is 0. The average Bonchev–Trinajstić information content (AvgIpc) is 3.27. The number of rotatable bonds is 5. The van der Waals surface area contributed by atoms with E-state index in [1.165, 1.54) is 7.11 Å². The number of anilines is 1. The summed E-state index contributed by atoms with van der Waals surface area (Å²) in [5.41, 5.74) is 4.39. The quantitative estimate of drug-likeness (QED) is 0.791. The molecule has 144 valence electrons. The predicted molar refractivity (Wildman–Crippen MR) is 100.0 cm³/mol. The van der Waals surface area contributed by atoms with Gasteiger partial charge in [-0.25, -0.2) is 4.90 Å². The molecule has 2 amide bonds. The minimum atomic E-state index is -1.02. The van der Waals surface area contributed by atoms with Gasteiger partial charge in [0.05, 0.1) is 38.3 Å². The van der Waals surface area contributed by atoms with Crippen molar-refractivity contribution in [3.8, 4) is 17.2 Å². The predicted octanol–water partition coefficient (Wildman–Crippen LogP) is 1.90. The second kappa shape index (κ2) is 6.90. The number of fused-ring (bicyclic) bond motifs is 1. The zero-order valence-corrected chi connectivity index (χ0v) is 15.5. The van der Waals surface area contributed by atoms with E-state index >= 15 is 0 Å². The molecule has 2 aromatic rings. The molecule has 0 bridgehead atoms. The van der Waals surface area contributed by atoms with Crippen molar-refractivity contribution in [2.75, 3.05) is 26.2 Å². The molecule has 1 saturated heterocycles. The van der Waals surface area contributed by atoms with Crippen LogP contribution >= 0.6 is 0 Å². The van der Waals surface area contributed by atoms with Crippen LogP contribution in [0.3, 0.4) is 0 Å². The van der Waals surface area contributed by atoms with Crippen LogP contribution in [0.5, 0.6) is 17.2 Å². The van der Waals surface area contributed by atoms with E-state index < -0.39 is 17.9 Å². The third kappa shape index (κ3) is 2.66. The van der Waals surface area contributed by atoms with Crippen molar-refractivity contribution in [3.05, 3.63) is 53.6 Å². The number of hydrogen-bond acceptors (Lipinski definition) is 7. The zero-order valence-electron chi connectivity index (χ0n) is 15.5. The molecule has 8 heteroatoms. The molecule has 0 saturated carbocycles. The number of methoxy groups -OCH3 is 3. The fourth-order valence-electron chi connectivity index (χ4n) is 3.27. The molecule has 8 nitrogen and oxygen atoms in total. The smallest absolute Gasteiger partial charge is 0.270 e. The van der Waals surface area contributed by atoms with Crippen LogP contribution in [0.1, 0.15) is 5.56 Å². The lowest BCUT2D eigenvalue weighted by Gasteiger charge is -2.16. The number of hydroxylamine groups is 1. The van der Waals surface area contributed by atoms with Gasteiger partial charge < -0.3 is 14.2 Å². The highest BCUT2D eigenvalue weighted by molar-refractivity contribution is 6.33. The summed E-state index contributed by atoms with van der Waals surface area (Å²) in [5.74, 6) is 0.819. The Balaban J connectivity index is 1.77. The van der Waals surface area contributed by atoms with E-state index in [1.807, 2.05) is 0 Å². The summed E-state index contributed by atoms with van der Waals surface area (Å²) in [7, 11) is 4.61. The Bertz CT molecular complexity index is 983. The SMILES string of the molecule is COc1ccc(N2C(=O)C3=C(c4ccc(OC)cc4OC)NO[C@H]3C2=O)cc1. The molecule has 0 unspecified atom stereocenters. The standard InChI is InChI=1S/C20H18N2O6/c1-25-12-6-4-11(5-7-12)22-19(23)16-17(21-28-18(16)20(22)24)14-9-8-13(26-2)10-15(14)27-3/h4-10,18,21H,1-3H3/t18-/m1/s1. The normalized spacial score (nSPS) is 18.2. The van der Waals surface area contributed by atoms with Crippen LogP contribution in [0, 0.1) is 0 Å². The number of amides is 2. The lowest BCUT2D eigenvalue weighted by molar-refractivity contribution is -0.127. The molecule has 0 spiro atoms. The molecular formula is C20H18N2O6. The van der Waals surface area contributed by atoms with Crippen molar-refractivity contribution in [1.82, 2.24) is 5.48 Å². The number of carbonyl (C=O) groups excluding carboxylic acids is 2. The molecule has 2 aliphatic rings. The molecule has 2 aliphatic heterocycles. The van der Waals surface area contributed by atoms with E-state index in [9.17, 15) is 9.59 Å². The van der Waals surface area contributed by atoms with Gasteiger partial charge in [-0.15, -0.1) is 0 Å². The van der Waals surface area contributed by atoms with E-state index in [-0.39, 0.29) is 5.57 Å². The van der Waals surface area contributed by atoms with Gasteiger partial charge in [0.2, 0.25) is 0 Å². The third-order valence-corrected chi connectivity index (χ3v) is 4.70. The van der Waals surface area contributed by atoms with Gasteiger partial charge in [-0.1, -0.05) is 0 Å². The fourth-order valence-corrected chi connectivity index (χ4v) is 3.27. The number of nitrogens with one attached hydrogen (secondary N) is 1. The Morgan fingerprint density at radius 3 is 2.25 bits per heavy atom. The third-order valence-electron chi connectivity index (χ3n) is 4.70. The number of benzene rings is 2. The van der Waals surface area contributed by atoms with E-state index in [0.29, 0.717) is 34.2 Å². The monoisotopic (exact) mass is 382 g/mol. The van der Waals surface area contributed by atoms with Gasteiger partial charge in [-0.05, 0) is 36.4 Å². The molecule has 0 aliphatic carbocycles. The number of ether oxygens (including phenoxy) is 3. The summed E-state index contributed by atoms with van der Waals surface area (Å²) in [6.07, 6.45) is -1.02. The lowest BCUT2D eigenvalue weighted by atomic mass is 10.0. The van der Waals surface area contributed by atoms with Crippen molar-refractivity contribution in [1.29, 1.82) is 0 Å². The molecule has 4 rings (SSSR count). The van der Waals surface area contributed by atoms with Crippen LogP contribution in [0.15, 0.2) is 48.0 Å². The van der Waals surface area contributed by atoms with Crippen molar-refractivity contribution < 1.29 is 28.6 Å². The van der Waals surface area contributed by atoms with Gasteiger partial charge in [0, 0.05) is 11.6 Å². The summed E-state index contributed by atoms with van der Waals surface area (Å²) in [5, 5.41) is 0. The molecule has 28 heavy (non-hydrogen) atoms. The highest BCUT2D eigenvalue weighted by Gasteiger charge is 2.51. The van der Waals surface area contributed by atoms with Gasteiger partial charge >= 0.3 is 0 Å². The first-order chi connectivity index (χ1) is 13.6. The second-order valence-electron chi connectivity index (χ2n) is 6.13. The van der Waals surface area contributed by atoms with Crippen molar-refractivity contribution >= 4 is 23.2 Å². The topological polar surface area (TPSA) is 86.3 Å². The molecule has 1 N–H and O–H groups in total. The van der Waals surface area contributed by atoms with Crippen LogP contribution < -0.4 is 24.6 Å². The highest BCUT2D eigenvalue weighted by Crippen LogP contribution is 2.39. The fraction of sp³-hybridized carbons (Fsp3) is 0.200. The van der Waals surface area contributed by atoms with E-state index in [0.717, 1.165) is 4.90 Å². The summed E-state index contributed by atoms with van der Waals surface area (Å²) < 4.78 is 15.7. The van der Waals surface area contributed by atoms with Gasteiger partial charge in [0.1, 0.15) is 17.2 Å². The Hall–Kier alpha value is -3.52. The maximum Gasteiger partial charge on any atom is 0.270 e. The summed E-state index contributed by atoms with van der Waals surface area (Å²) in [6.45, 7) is 0. The van der Waals surface area contributed by atoms with Crippen LogP contribution in [0.4, 0.5) is 5.69 Å². The number of nitrogens with zero attached hydrogens (tertiary/aromatic N) is 1. The largest absolute Gasteiger partial charge is 0.497 e. The Labute approximate surface area is 161 Å². The molecule has 2 heterocycles. The molecule has 1 atom stereocenters. The molecule has 0 aromatic heterocycles. The van der Waals surface area contributed by atoms with E-state index in [1.54, 1.807) is 56.7 Å². The Kier molecular flexibility index (Phi) is 4.40.